The summed E-state index contributed by atoms with van der Waals surface area (Å²) >= 11 is 1.78. The monoisotopic (exact) mass is 376 g/mol. The number of aromatic nitrogens is 1. The number of methoxy groups -OCH3 is 1. The second-order valence-corrected chi connectivity index (χ2v) is 6.86. The highest BCUT2D eigenvalue weighted by Gasteiger charge is 2.03. The van der Waals surface area contributed by atoms with E-state index in [2.05, 4.69) is 33.6 Å². The van der Waals surface area contributed by atoms with Crippen LogP contribution in [-0.4, -0.2) is 44.9 Å². The zero-order chi connectivity index (χ0) is 18.6. The predicted molar refractivity (Wildman–Crippen MR) is 107 cm³/mol. The maximum atomic E-state index is 5.64. The number of guanidine groups is 1. The number of ether oxygens (including phenoxy) is 2. The van der Waals surface area contributed by atoms with Crippen molar-refractivity contribution in [2.45, 2.75) is 26.3 Å². The molecule has 1 heterocycles. The number of hydrogen-bond donors (Lipinski definition) is 2. The van der Waals surface area contributed by atoms with Gasteiger partial charge in [0.25, 0.3) is 0 Å². The largest absolute Gasteiger partial charge is 0.491 e. The van der Waals surface area contributed by atoms with Crippen LogP contribution in [0.5, 0.6) is 5.75 Å². The molecule has 0 aliphatic carbocycles. The van der Waals surface area contributed by atoms with Crippen LogP contribution >= 0.6 is 11.3 Å². The van der Waals surface area contributed by atoms with E-state index in [9.17, 15) is 0 Å². The molecule has 0 aliphatic rings. The van der Waals surface area contributed by atoms with Gasteiger partial charge in [0.05, 0.1) is 11.6 Å². The van der Waals surface area contributed by atoms with Crippen LogP contribution in [-0.2, 0) is 24.1 Å². The molecule has 0 saturated carbocycles. The Morgan fingerprint density at radius 2 is 2.15 bits per heavy atom. The van der Waals surface area contributed by atoms with Gasteiger partial charge in [-0.15, -0.1) is 11.3 Å². The number of aryl methyl sites for hydroxylation is 1. The first-order valence-corrected chi connectivity index (χ1v) is 9.65. The Labute approximate surface area is 159 Å². The van der Waals surface area contributed by atoms with Gasteiger partial charge >= 0.3 is 0 Å². The maximum absolute atomic E-state index is 5.64. The van der Waals surface area contributed by atoms with E-state index in [4.69, 9.17) is 9.47 Å². The van der Waals surface area contributed by atoms with Crippen LogP contribution in [0.15, 0.2) is 35.5 Å². The lowest BCUT2D eigenvalue weighted by atomic mass is 10.2. The zero-order valence-electron chi connectivity index (χ0n) is 15.7. The molecule has 6 nitrogen and oxygen atoms in total. The first-order valence-electron chi connectivity index (χ1n) is 8.84. The van der Waals surface area contributed by atoms with Gasteiger partial charge in [0.1, 0.15) is 12.4 Å². The molecule has 0 bridgehead atoms. The van der Waals surface area contributed by atoms with Crippen molar-refractivity contribution in [3.05, 3.63) is 45.9 Å². The number of nitrogens with one attached hydrogen (secondary N) is 2. The van der Waals surface area contributed by atoms with Crippen molar-refractivity contribution >= 4 is 17.3 Å². The lowest BCUT2D eigenvalue weighted by molar-refractivity contribution is 0.146. The van der Waals surface area contributed by atoms with Gasteiger partial charge < -0.3 is 20.1 Å². The Balaban J connectivity index is 1.74. The van der Waals surface area contributed by atoms with Crippen LogP contribution in [0.2, 0.25) is 0 Å². The van der Waals surface area contributed by atoms with Crippen LogP contribution in [0, 0.1) is 0 Å². The van der Waals surface area contributed by atoms with Crippen molar-refractivity contribution < 1.29 is 9.47 Å². The second kappa shape index (κ2) is 11.5. The summed E-state index contributed by atoms with van der Waals surface area (Å²) in [6.07, 6.45) is 3.91. The van der Waals surface area contributed by atoms with Crippen LogP contribution in [0.25, 0.3) is 0 Å². The molecule has 1 aromatic carbocycles. The Morgan fingerprint density at radius 3 is 2.88 bits per heavy atom. The molecule has 26 heavy (non-hydrogen) atoms. The number of thiazole rings is 1. The van der Waals surface area contributed by atoms with Crippen LogP contribution < -0.4 is 15.4 Å². The summed E-state index contributed by atoms with van der Waals surface area (Å²) in [4.78, 5) is 10.0. The number of rotatable bonds is 10. The highest BCUT2D eigenvalue weighted by molar-refractivity contribution is 7.11. The zero-order valence-corrected chi connectivity index (χ0v) is 16.6. The molecule has 2 N–H and O–H groups in total. The average molecular weight is 377 g/mol. The van der Waals surface area contributed by atoms with Gasteiger partial charge in [0.2, 0.25) is 0 Å². The minimum Gasteiger partial charge on any atom is -0.491 e. The van der Waals surface area contributed by atoms with Crippen molar-refractivity contribution in [3.63, 3.8) is 0 Å². The van der Waals surface area contributed by atoms with Crippen molar-refractivity contribution in [1.29, 1.82) is 0 Å². The SMILES string of the molecule is CCc1cnc(CCNC(=NC)NCc2cccc(OCCOC)c2)s1. The van der Waals surface area contributed by atoms with Crippen LogP contribution in [0.4, 0.5) is 0 Å². The Kier molecular flexibility index (Phi) is 8.92. The third kappa shape index (κ3) is 7.01. The van der Waals surface area contributed by atoms with E-state index in [1.807, 2.05) is 24.4 Å². The van der Waals surface area contributed by atoms with Crippen LogP contribution in [0.1, 0.15) is 22.4 Å². The summed E-state index contributed by atoms with van der Waals surface area (Å²) in [5.41, 5.74) is 1.13. The highest BCUT2D eigenvalue weighted by Crippen LogP contribution is 2.14. The lowest BCUT2D eigenvalue weighted by Gasteiger charge is -2.12. The summed E-state index contributed by atoms with van der Waals surface area (Å²) in [6.45, 7) is 4.76. The topological polar surface area (TPSA) is 67.8 Å². The highest BCUT2D eigenvalue weighted by atomic mass is 32.1. The van der Waals surface area contributed by atoms with Gasteiger partial charge in [-0.25, -0.2) is 4.98 Å². The summed E-state index contributed by atoms with van der Waals surface area (Å²) in [6, 6.07) is 8.02. The van der Waals surface area contributed by atoms with Crippen molar-refractivity contribution in [2.24, 2.45) is 4.99 Å². The van der Waals surface area contributed by atoms with E-state index in [1.54, 1.807) is 25.5 Å². The number of aliphatic imine (C=N–C) groups is 1. The minimum atomic E-state index is 0.549. The molecule has 2 aromatic rings. The van der Waals surface area contributed by atoms with Crippen molar-refractivity contribution in [3.8, 4) is 5.75 Å². The van der Waals surface area contributed by atoms with Gasteiger partial charge in [0, 0.05) is 44.7 Å². The molecule has 142 valence electrons. The molecule has 7 heteroatoms. The normalized spacial score (nSPS) is 11.4. The molecule has 0 atom stereocenters. The van der Waals surface area contributed by atoms with Crippen molar-refractivity contribution in [1.82, 2.24) is 15.6 Å². The van der Waals surface area contributed by atoms with Crippen LogP contribution in [0.3, 0.4) is 0 Å². The van der Waals surface area contributed by atoms with E-state index in [1.165, 1.54) is 4.88 Å². The fourth-order valence-corrected chi connectivity index (χ4v) is 3.17. The Bertz CT molecular complexity index is 688. The molecular formula is C19H28N4O2S. The van der Waals surface area contributed by atoms with E-state index in [0.717, 1.165) is 41.7 Å². The molecule has 0 aliphatic heterocycles. The van der Waals surface area contributed by atoms with Gasteiger partial charge in [-0.3, -0.25) is 4.99 Å². The van der Waals surface area contributed by atoms with Gasteiger partial charge in [0.15, 0.2) is 5.96 Å². The predicted octanol–water partition coefficient (Wildman–Crippen LogP) is 2.64. The fourth-order valence-electron chi connectivity index (χ4n) is 2.31. The molecule has 0 radical (unpaired) electrons. The fraction of sp³-hybridized carbons (Fsp3) is 0.474. The number of benzene rings is 1. The third-order valence-corrected chi connectivity index (χ3v) is 4.92. The Morgan fingerprint density at radius 1 is 1.27 bits per heavy atom. The van der Waals surface area contributed by atoms with Crippen molar-refractivity contribution in [2.75, 3.05) is 33.9 Å². The van der Waals surface area contributed by atoms with E-state index in [0.29, 0.717) is 19.8 Å². The molecule has 0 spiro atoms. The summed E-state index contributed by atoms with van der Waals surface area (Å²) in [7, 11) is 3.44. The smallest absolute Gasteiger partial charge is 0.191 e. The molecule has 1 aromatic heterocycles. The minimum absolute atomic E-state index is 0.549. The molecule has 0 unspecified atom stereocenters. The van der Waals surface area contributed by atoms with Gasteiger partial charge in [-0.05, 0) is 24.1 Å². The molecule has 2 rings (SSSR count). The third-order valence-electron chi connectivity index (χ3n) is 3.72. The molecule has 0 fully saturated rings. The maximum Gasteiger partial charge on any atom is 0.191 e. The first kappa shape index (κ1) is 20.2. The number of hydrogen-bond acceptors (Lipinski definition) is 5. The summed E-state index contributed by atoms with van der Waals surface area (Å²) in [5, 5.41) is 7.81. The lowest BCUT2D eigenvalue weighted by Crippen LogP contribution is -2.37. The van der Waals surface area contributed by atoms with Gasteiger partial charge in [-0.2, -0.15) is 0 Å². The summed E-state index contributed by atoms with van der Waals surface area (Å²) < 4.78 is 10.6. The molecule has 0 saturated heterocycles. The van der Waals surface area contributed by atoms with E-state index >= 15 is 0 Å². The van der Waals surface area contributed by atoms with E-state index in [-0.39, 0.29) is 0 Å². The van der Waals surface area contributed by atoms with E-state index < -0.39 is 0 Å². The molecule has 0 amide bonds. The standard InChI is InChI=1S/C19H28N4O2S/c1-4-17-14-22-18(26-17)8-9-21-19(20-2)23-13-15-6-5-7-16(12-15)25-11-10-24-3/h5-7,12,14H,4,8-11,13H2,1-3H3,(H2,20,21,23). The quantitative estimate of drug-likeness (QED) is 0.379. The molecular weight excluding hydrogens is 348 g/mol. The summed E-state index contributed by atoms with van der Waals surface area (Å²) in [5.74, 6) is 1.63. The van der Waals surface area contributed by atoms with Gasteiger partial charge in [-0.1, -0.05) is 19.1 Å². The first-order chi connectivity index (χ1) is 12.7. The number of nitrogens with zero attached hydrogens (tertiary/aromatic N) is 2. The second-order valence-electron chi connectivity index (χ2n) is 5.67. The Hall–Kier alpha value is -2.12. The average Bonchev–Trinajstić information content (AvgIpc) is 3.13.